The Bertz CT molecular complexity index is 800. The van der Waals surface area contributed by atoms with Crippen LogP contribution in [0.5, 0.6) is 0 Å². The lowest BCUT2D eigenvalue weighted by atomic mass is 10.1. The number of hydrogen-bond donors (Lipinski definition) is 1. The molecule has 0 saturated carbocycles. The Morgan fingerprint density at radius 1 is 1.26 bits per heavy atom. The number of hydrogen-bond acceptors (Lipinski definition) is 4. The van der Waals surface area contributed by atoms with E-state index in [1.165, 1.54) is 4.90 Å². The summed E-state index contributed by atoms with van der Waals surface area (Å²) in [6.07, 6.45) is 2.49. The van der Waals surface area contributed by atoms with Gasteiger partial charge in [-0.3, -0.25) is 19.3 Å². The van der Waals surface area contributed by atoms with E-state index in [1.54, 1.807) is 4.90 Å². The minimum absolute atomic E-state index is 0.0595. The number of thioether (sulfide) groups is 1. The number of amides is 3. The zero-order valence-electron chi connectivity index (χ0n) is 12.3. The molecule has 1 atom stereocenters. The largest absolute Gasteiger partial charge is 0.361 e. The van der Waals surface area contributed by atoms with E-state index in [0.717, 1.165) is 22.7 Å². The molecule has 0 bridgehead atoms. The number of aromatic nitrogens is 1. The molecule has 0 unspecified atom stereocenters. The number of fused-ring (bicyclic) bond motifs is 1. The standard InChI is InChI=1S/C16H15N3O3S/c20-14-9-23-16(22)19(14)12-4-6-18(8-12)15(21)11-2-1-10-3-5-17-13(10)7-11/h1-3,5,7,12,17H,4,6,8-9H2/t12-/m1/s1. The Morgan fingerprint density at radius 3 is 2.91 bits per heavy atom. The van der Waals surface area contributed by atoms with Crippen molar-refractivity contribution in [2.45, 2.75) is 12.5 Å². The van der Waals surface area contributed by atoms with Crippen molar-refractivity contribution in [2.24, 2.45) is 0 Å². The summed E-state index contributed by atoms with van der Waals surface area (Å²) >= 11 is 1.04. The van der Waals surface area contributed by atoms with Crippen molar-refractivity contribution in [3.63, 3.8) is 0 Å². The highest BCUT2D eigenvalue weighted by Gasteiger charge is 2.40. The van der Waals surface area contributed by atoms with Gasteiger partial charge < -0.3 is 9.88 Å². The first-order chi connectivity index (χ1) is 11.1. The Labute approximate surface area is 136 Å². The predicted octanol–water partition coefficient (Wildman–Crippen LogP) is 2.08. The SMILES string of the molecule is O=C(c1ccc2cc[nH]c2c1)N1CC[C@@H](N2C(=O)CSC2=O)C1. The van der Waals surface area contributed by atoms with Gasteiger partial charge in [0, 0.05) is 30.4 Å². The third-order valence-electron chi connectivity index (χ3n) is 4.40. The first-order valence-electron chi connectivity index (χ1n) is 7.49. The molecule has 1 N–H and O–H groups in total. The van der Waals surface area contributed by atoms with Crippen molar-refractivity contribution >= 4 is 39.7 Å². The van der Waals surface area contributed by atoms with Crippen LogP contribution in [-0.2, 0) is 4.79 Å². The molecule has 6 nitrogen and oxygen atoms in total. The average molecular weight is 329 g/mol. The van der Waals surface area contributed by atoms with Crippen LogP contribution in [0.2, 0.25) is 0 Å². The van der Waals surface area contributed by atoms with Crippen molar-refractivity contribution in [3.8, 4) is 0 Å². The normalized spacial score (nSPS) is 21.7. The van der Waals surface area contributed by atoms with Crippen LogP contribution in [0.15, 0.2) is 30.5 Å². The first kappa shape index (κ1) is 14.3. The highest BCUT2D eigenvalue weighted by Crippen LogP contribution is 2.27. The number of aromatic amines is 1. The minimum atomic E-state index is -0.192. The van der Waals surface area contributed by atoms with Crippen LogP contribution >= 0.6 is 11.8 Å². The topological polar surface area (TPSA) is 73.5 Å². The van der Waals surface area contributed by atoms with Gasteiger partial charge in [0.05, 0.1) is 11.8 Å². The number of likely N-dealkylation sites (tertiary alicyclic amines) is 1. The van der Waals surface area contributed by atoms with Crippen molar-refractivity contribution in [1.82, 2.24) is 14.8 Å². The summed E-state index contributed by atoms with van der Waals surface area (Å²) in [6.45, 7) is 0.980. The van der Waals surface area contributed by atoms with E-state index in [0.29, 0.717) is 25.1 Å². The summed E-state index contributed by atoms with van der Waals surface area (Å²) in [6, 6.07) is 7.33. The number of nitrogens with one attached hydrogen (secondary N) is 1. The van der Waals surface area contributed by atoms with Crippen LogP contribution in [0.4, 0.5) is 4.79 Å². The van der Waals surface area contributed by atoms with Crippen LogP contribution in [0.25, 0.3) is 10.9 Å². The van der Waals surface area contributed by atoms with Gasteiger partial charge in [0.15, 0.2) is 0 Å². The number of carbonyl (C=O) groups excluding carboxylic acids is 3. The van der Waals surface area contributed by atoms with Gasteiger partial charge in [-0.15, -0.1) is 0 Å². The third-order valence-corrected chi connectivity index (χ3v) is 5.24. The lowest BCUT2D eigenvalue weighted by Crippen LogP contribution is -2.41. The smallest absolute Gasteiger partial charge is 0.289 e. The number of benzene rings is 1. The van der Waals surface area contributed by atoms with Gasteiger partial charge >= 0.3 is 0 Å². The monoisotopic (exact) mass is 329 g/mol. The molecule has 2 aliphatic heterocycles. The molecule has 3 amide bonds. The van der Waals surface area contributed by atoms with Gasteiger partial charge in [-0.2, -0.15) is 0 Å². The Kier molecular flexibility index (Phi) is 3.37. The highest BCUT2D eigenvalue weighted by atomic mass is 32.2. The van der Waals surface area contributed by atoms with Crippen LogP contribution in [0, 0.1) is 0 Å². The third kappa shape index (κ3) is 2.41. The van der Waals surface area contributed by atoms with Crippen molar-refractivity contribution in [2.75, 3.05) is 18.8 Å². The highest BCUT2D eigenvalue weighted by molar-refractivity contribution is 8.14. The molecule has 3 heterocycles. The van der Waals surface area contributed by atoms with E-state index in [1.807, 2.05) is 30.5 Å². The molecular weight excluding hydrogens is 314 g/mol. The minimum Gasteiger partial charge on any atom is -0.361 e. The number of H-pyrrole nitrogens is 1. The second-order valence-corrected chi connectivity index (χ2v) is 6.72. The Hall–Kier alpha value is -2.28. The van der Waals surface area contributed by atoms with Gasteiger partial charge in [-0.25, -0.2) is 0 Å². The molecule has 7 heteroatoms. The zero-order chi connectivity index (χ0) is 16.0. The van der Waals surface area contributed by atoms with Gasteiger partial charge in [0.1, 0.15) is 0 Å². The van der Waals surface area contributed by atoms with Crippen LogP contribution in [0.1, 0.15) is 16.8 Å². The second-order valence-electron chi connectivity index (χ2n) is 5.79. The molecule has 0 radical (unpaired) electrons. The summed E-state index contributed by atoms with van der Waals surface area (Å²) < 4.78 is 0. The van der Waals surface area contributed by atoms with Gasteiger partial charge in [0.2, 0.25) is 5.91 Å². The number of nitrogens with zero attached hydrogens (tertiary/aromatic N) is 2. The fourth-order valence-electron chi connectivity index (χ4n) is 3.22. The Balaban J connectivity index is 1.51. The maximum atomic E-state index is 12.7. The first-order valence-corrected chi connectivity index (χ1v) is 8.47. The van der Waals surface area contributed by atoms with Crippen LogP contribution in [-0.4, -0.2) is 56.7 Å². The fourth-order valence-corrected chi connectivity index (χ4v) is 3.99. The molecule has 2 fully saturated rings. The number of carbonyl (C=O) groups is 3. The van der Waals surface area contributed by atoms with Crippen LogP contribution < -0.4 is 0 Å². The lowest BCUT2D eigenvalue weighted by molar-refractivity contribution is -0.126. The Morgan fingerprint density at radius 2 is 2.13 bits per heavy atom. The molecule has 0 aliphatic carbocycles. The van der Waals surface area contributed by atoms with E-state index in [2.05, 4.69) is 4.98 Å². The maximum absolute atomic E-state index is 12.7. The predicted molar refractivity (Wildman–Crippen MR) is 87.3 cm³/mol. The van der Waals surface area contributed by atoms with Crippen molar-refractivity contribution < 1.29 is 14.4 Å². The van der Waals surface area contributed by atoms with E-state index in [-0.39, 0.29) is 28.8 Å². The number of rotatable bonds is 2. The quantitative estimate of drug-likeness (QED) is 0.915. The molecule has 2 saturated heterocycles. The van der Waals surface area contributed by atoms with Crippen molar-refractivity contribution in [3.05, 3.63) is 36.0 Å². The van der Waals surface area contributed by atoms with E-state index in [4.69, 9.17) is 0 Å². The molecular formula is C16H15N3O3S. The summed E-state index contributed by atoms with van der Waals surface area (Å²) in [5.41, 5.74) is 1.54. The maximum Gasteiger partial charge on any atom is 0.289 e. The van der Waals surface area contributed by atoms with Crippen molar-refractivity contribution in [1.29, 1.82) is 0 Å². The molecule has 1 aromatic heterocycles. The molecule has 1 aromatic carbocycles. The molecule has 118 valence electrons. The zero-order valence-corrected chi connectivity index (χ0v) is 13.1. The van der Waals surface area contributed by atoms with E-state index in [9.17, 15) is 14.4 Å². The van der Waals surface area contributed by atoms with Crippen LogP contribution in [0.3, 0.4) is 0 Å². The summed E-state index contributed by atoms with van der Waals surface area (Å²) in [5, 5.41) is 0.869. The molecule has 23 heavy (non-hydrogen) atoms. The van der Waals surface area contributed by atoms with Gasteiger partial charge in [-0.05, 0) is 30.0 Å². The molecule has 2 aromatic rings. The van der Waals surface area contributed by atoms with E-state index >= 15 is 0 Å². The van der Waals surface area contributed by atoms with Gasteiger partial charge in [0.25, 0.3) is 11.1 Å². The molecule has 4 rings (SSSR count). The average Bonchev–Trinajstić information content (AvgIpc) is 3.26. The summed E-state index contributed by atoms with van der Waals surface area (Å²) in [7, 11) is 0. The summed E-state index contributed by atoms with van der Waals surface area (Å²) in [4.78, 5) is 42.4. The lowest BCUT2D eigenvalue weighted by Gasteiger charge is -2.22. The number of imide groups is 1. The second kappa shape index (κ2) is 5.42. The fraction of sp³-hybridized carbons (Fsp3) is 0.312. The molecule has 0 spiro atoms. The summed E-state index contributed by atoms with van der Waals surface area (Å²) in [5.74, 6) is 0.00936. The van der Waals surface area contributed by atoms with Gasteiger partial charge in [-0.1, -0.05) is 17.8 Å². The van der Waals surface area contributed by atoms with E-state index < -0.39 is 0 Å². The molecule has 2 aliphatic rings.